The highest BCUT2D eigenvalue weighted by molar-refractivity contribution is 6.01. The van der Waals surface area contributed by atoms with E-state index in [0.29, 0.717) is 24.5 Å². The number of carbonyl (C=O) groups is 2. The van der Waals surface area contributed by atoms with E-state index in [0.717, 1.165) is 41.1 Å². The van der Waals surface area contributed by atoms with E-state index in [9.17, 15) is 9.59 Å². The van der Waals surface area contributed by atoms with Gasteiger partial charge in [0, 0.05) is 24.6 Å². The average molecular weight is 497 g/mol. The molecule has 0 saturated carbocycles. The van der Waals surface area contributed by atoms with Crippen molar-refractivity contribution in [1.29, 1.82) is 0 Å². The highest BCUT2D eigenvalue weighted by Gasteiger charge is 2.36. The van der Waals surface area contributed by atoms with Gasteiger partial charge in [-0.15, -0.1) is 0 Å². The van der Waals surface area contributed by atoms with Gasteiger partial charge in [0.25, 0.3) is 0 Å². The van der Waals surface area contributed by atoms with Gasteiger partial charge < -0.3 is 20.1 Å². The van der Waals surface area contributed by atoms with E-state index in [4.69, 9.17) is 9.47 Å². The maximum absolute atomic E-state index is 13.8. The van der Waals surface area contributed by atoms with Crippen molar-refractivity contribution in [1.82, 2.24) is 0 Å². The van der Waals surface area contributed by atoms with Crippen LogP contribution in [0, 0.1) is 0 Å². The van der Waals surface area contributed by atoms with Crippen molar-refractivity contribution < 1.29 is 19.1 Å². The van der Waals surface area contributed by atoms with E-state index >= 15 is 0 Å². The minimum atomic E-state index is -0.412. The topological polar surface area (TPSA) is 76.7 Å². The lowest BCUT2D eigenvalue weighted by atomic mass is 9.78. The predicted octanol–water partition coefficient (Wildman–Crippen LogP) is 6.55. The SMILES string of the molecule is CCOc1cc(C2Nc3ccccc3NC3=C2C(=O)CC(c2ccc(CC)cc2)C3)ccc1OC(C)=O. The van der Waals surface area contributed by atoms with Gasteiger partial charge in [0.1, 0.15) is 0 Å². The Hall–Kier alpha value is -4.06. The summed E-state index contributed by atoms with van der Waals surface area (Å²) >= 11 is 0. The number of rotatable bonds is 6. The van der Waals surface area contributed by atoms with Crippen molar-refractivity contribution in [3.05, 3.63) is 94.7 Å². The summed E-state index contributed by atoms with van der Waals surface area (Å²) in [5.74, 6) is 0.656. The molecule has 2 aliphatic rings. The highest BCUT2D eigenvalue weighted by atomic mass is 16.6. The van der Waals surface area contributed by atoms with Gasteiger partial charge in [-0.3, -0.25) is 9.59 Å². The summed E-state index contributed by atoms with van der Waals surface area (Å²) < 4.78 is 11.2. The van der Waals surface area contributed by atoms with Gasteiger partial charge in [0.05, 0.1) is 24.0 Å². The molecule has 1 aliphatic heterocycles. The van der Waals surface area contributed by atoms with Crippen molar-refractivity contribution in [3.8, 4) is 11.5 Å². The molecule has 0 bridgehead atoms. The third-order valence-corrected chi connectivity index (χ3v) is 7.02. The molecule has 0 amide bonds. The monoisotopic (exact) mass is 496 g/mol. The molecule has 6 heteroatoms. The lowest BCUT2D eigenvalue weighted by Gasteiger charge is -2.30. The molecule has 5 rings (SSSR count). The van der Waals surface area contributed by atoms with Crippen molar-refractivity contribution in [3.63, 3.8) is 0 Å². The van der Waals surface area contributed by atoms with Gasteiger partial charge in [-0.05, 0) is 66.6 Å². The third kappa shape index (κ3) is 5.10. The number of hydrogen-bond donors (Lipinski definition) is 2. The summed E-state index contributed by atoms with van der Waals surface area (Å²) in [6, 6.07) is 21.7. The van der Waals surface area contributed by atoms with Crippen LogP contribution in [0.2, 0.25) is 0 Å². The molecule has 2 N–H and O–H groups in total. The number of aryl methyl sites for hydroxylation is 1. The van der Waals surface area contributed by atoms with Gasteiger partial charge >= 0.3 is 5.97 Å². The minimum Gasteiger partial charge on any atom is -0.490 e. The number of carbonyl (C=O) groups excluding carboxylic acids is 2. The number of hydrogen-bond acceptors (Lipinski definition) is 6. The predicted molar refractivity (Wildman–Crippen MR) is 145 cm³/mol. The molecule has 2 unspecified atom stereocenters. The fraction of sp³-hybridized carbons (Fsp3) is 0.290. The summed E-state index contributed by atoms with van der Waals surface area (Å²) in [5.41, 5.74) is 6.87. The van der Waals surface area contributed by atoms with Crippen LogP contribution in [0.3, 0.4) is 0 Å². The summed E-state index contributed by atoms with van der Waals surface area (Å²) in [5, 5.41) is 7.19. The molecule has 0 spiro atoms. The molecule has 0 saturated heterocycles. The molecule has 3 aromatic rings. The Morgan fingerprint density at radius 3 is 2.35 bits per heavy atom. The van der Waals surface area contributed by atoms with Crippen LogP contribution in [-0.4, -0.2) is 18.4 Å². The minimum absolute atomic E-state index is 0.112. The second kappa shape index (κ2) is 10.5. The Labute approximate surface area is 217 Å². The Kier molecular flexibility index (Phi) is 6.99. The number of nitrogens with one attached hydrogen (secondary N) is 2. The molecule has 6 nitrogen and oxygen atoms in total. The number of ketones is 1. The molecular formula is C31H32N2O4. The molecule has 1 heterocycles. The first kappa shape index (κ1) is 24.6. The molecule has 0 aromatic heterocycles. The van der Waals surface area contributed by atoms with Crippen molar-refractivity contribution in [2.24, 2.45) is 0 Å². The van der Waals surface area contributed by atoms with Crippen LogP contribution in [0.25, 0.3) is 0 Å². The van der Waals surface area contributed by atoms with Gasteiger partial charge in [-0.25, -0.2) is 0 Å². The molecule has 190 valence electrons. The van der Waals surface area contributed by atoms with Crippen molar-refractivity contribution in [2.45, 2.75) is 52.0 Å². The zero-order chi connectivity index (χ0) is 25.9. The van der Waals surface area contributed by atoms with E-state index in [1.807, 2.05) is 43.3 Å². The smallest absolute Gasteiger partial charge is 0.308 e. The van der Waals surface area contributed by atoms with Crippen molar-refractivity contribution >= 4 is 23.1 Å². The highest BCUT2D eigenvalue weighted by Crippen LogP contribution is 2.45. The van der Waals surface area contributed by atoms with Crippen LogP contribution in [-0.2, 0) is 16.0 Å². The van der Waals surface area contributed by atoms with Crippen LogP contribution in [0.5, 0.6) is 11.5 Å². The number of benzene rings is 3. The standard InChI is InChI=1S/C31H32N2O4/c1-4-20-10-12-21(13-11-20)23-16-26-30(27(35)17-23)31(33-25-9-7-6-8-24(25)32-26)22-14-15-28(37-19(3)34)29(18-22)36-5-2/h6-15,18,23,31-33H,4-5,16-17H2,1-3H3. The third-order valence-electron chi connectivity index (χ3n) is 7.02. The van der Waals surface area contributed by atoms with E-state index < -0.39 is 5.97 Å². The lowest BCUT2D eigenvalue weighted by Crippen LogP contribution is -2.27. The fourth-order valence-electron chi connectivity index (χ4n) is 5.22. The van der Waals surface area contributed by atoms with Gasteiger partial charge in [-0.2, -0.15) is 0 Å². The van der Waals surface area contributed by atoms with Gasteiger partial charge in [-0.1, -0.05) is 49.4 Å². The maximum Gasteiger partial charge on any atom is 0.308 e. The van der Waals surface area contributed by atoms with Crippen LogP contribution >= 0.6 is 0 Å². The number of allylic oxidation sites excluding steroid dienone is 1. The number of fused-ring (bicyclic) bond motifs is 1. The maximum atomic E-state index is 13.8. The van der Waals surface area contributed by atoms with E-state index in [-0.39, 0.29) is 17.7 Å². The Morgan fingerprint density at radius 1 is 0.919 bits per heavy atom. The zero-order valence-corrected chi connectivity index (χ0v) is 21.5. The number of para-hydroxylation sites is 2. The first-order chi connectivity index (χ1) is 18.0. The molecule has 0 radical (unpaired) electrons. The normalized spacial score (nSPS) is 18.6. The average Bonchev–Trinajstić information content (AvgIpc) is 3.06. The molecular weight excluding hydrogens is 464 g/mol. The Balaban J connectivity index is 1.57. The first-order valence-electron chi connectivity index (χ1n) is 12.9. The number of anilines is 2. The largest absolute Gasteiger partial charge is 0.490 e. The number of Topliss-reactive ketones (excluding diaryl/α,β-unsaturated/α-hetero) is 1. The molecule has 2 atom stereocenters. The van der Waals surface area contributed by atoms with E-state index in [2.05, 4.69) is 41.8 Å². The summed E-state index contributed by atoms with van der Waals surface area (Å²) in [6.07, 6.45) is 2.18. The number of esters is 1. The summed E-state index contributed by atoms with van der Waals surface area (Å²) in [7, 11) is 0. The van der Waals surface area contributed by atoms with E-state index in [1.54, 1.807) is 6.07 Å². The quantitative estimate of drug-likeness (QED) is 0.298. The fourth-order valence-corrected chi connectivity index (χ4v) is 5.22. The molecule has 3 aromatic carbocycles. The lowest BCUT2D eigenvalue weighted by molar-refractivity contribution is -0.132. The Morgan fingerprint density at radius 2 is 1.65 bits per heavy atom. The summed E-state index contributed by atoms with van der Waals surface area (Å²) in [6.45, 7) is 5.81. The Bertz CT molecular complexity index is 1360. The number of ether oxygens (including phenoxy) is 2. The van der Waals surface area contributed by atoms with Crippen LogP contribution in [0.4, 0.5) is 11.4 Å². The second-order valence-electron chi connectivity index (χ2n) is 9.50. The first-order valence-corrected chi connectivity index (χ1v) is 12.9. The zero-order valence-electron chi connectivity index (χ0n) is 21.5. The second-order valence-corrected chi connectivity index (χ2v) is 9.50. The van der Waals surface area contributed by atoms with E-state index in [1.165, 1.54) is 18.1 Å². The molecule has 0 fully saturated rings. The molecule has 1 aliphatic carbocycles. The molecule has 37 heavy (non-hydrogen) atoms. The summed E-state index contributed by atoms with van der Waals surface area (Å²) in [4.78, 5) is 25.4. The van der Waals surface area contributed by atoms with Crippen LogP contribution in [0.1, 0.15) is 62.3 Å². The van der Waals surface area contributed by atoms with Gasteiger partial charge in [0.15, 0.2) is 17.3 Å². The van der Waals surface area contributed by atoms with Crippen LogP contribution in [0.15, 0.2) is 78.0 Å². The van der Waals surface area contributed by atoms with Crippen LogP contribution < -0.4 is 20.1 Å². The van der Waals surface area contributed by atoms with Crippen molar-refractivity contribution in [2.75, 3.05) is 17.2 Å². The van der Waals surface area contributed by atoms with Gasteiger partial charge in [0.2, 0.25) is 0 Å².